The third-order valence-corrected chi connectivity index (χ3v) is 6.76. The summed E-state index contributed by atoms with van der Waals surface area (Å²) < 4.78 is 18.7. The quantitative estimate of drug-likeness (QED) is 0.377. The van der Waals surface area contributed by atoms with Gasteiger partial charge in [0.1, 0.15) is 6.17 Å². The van der Waals surface area contributed by atoms with Crippen LogP contribution in [-0.4, -0.2) is 35.7 Å². The van der Waals surface area contributed by atoms with Gasteiger partial charge < -0.3 is 0 Å². The molecule has 3 aromatic heterocycles. The number of alkyl halides is 1. The lowest BCUT2D eigenvalue weighted by molar-refractivity contribution is 0.153. The van der Waals surface area contributed by atoms with Crippen molar-refractivity contribution in [3.05, 3.63) is 61.4 Å². The van der Waals surface area contributed by atoms with E-state index in [9.17, 15) is 0 Å². The van der Waals surface area contributed by atoms with E-state index in [0.717, 1.165) is 47.1 Å². The van der Waals surface area contributed by atoms with E-state index in [1.807, 2.05) is 61.8 Å². The first-order valence-electron chi connectivity index (χ1n) is 11.6. The van der Waals surface area contributed by atoms with Gasteiger partial charge in [-0.2, -0.15) is 10.2 Å². The number of aryl methyl sites for hydroxylation is 1. The Bertz CT molecular complexity index is 1230. The largest absolute Gasteiger partial charge is 0.275 e. The maximum Gasteiger partial charge on any atom is 0.159 e. The second-order valence-corrected chi connectivity index (χ2v) is 9.40. The Morgan fingerprint density at radius 3 is 2.33 bits per heavy atom. The second kappa shape index (κ2) is 8.89. The molecule has 1 aliphatic carbocycles. The number of benzene rings is 1. The molecule has 4 unspecified atom stereocenters. The van der Waals surface area contributed by atoms with Gasteiger partial charge in [0.2, 0.25) is 0 Å². The second-order valence-electron chi connectivity index (χ2n) is 9.40. The Balaban J connectivity index is 1.37. The topological polar surface area (TPSA) is 61.4 Å². The molecule has 4 aromatic rings. The zero-order chi connectivity index (χ0) is 22.9. The average molecular weight is 445 g/mol. The Morgan fingerprint density at radius 2 is 1.58 bits per heavy atom. The molecule has 0 aliphatic heterocycles. The third kappa shape index (κ3) is 4.45. The molecule has 1 fully saturated rings. The summed E-state index contributed by atoms with van der Waals surface area (Å²) in [4.78, 5) is 9.20. The Morgan fingerprint density at radius 1 is 0.848 bits per heavy atom. The third-order valence-electron chi connectivity index (χ3n) is 6.76. The van der Waals surface area contributed by atoms with E-state index in [0.29, 0.717) is 11.7 Å². The summed E-state index contributed by atoms with van der Waals surface area (Å²) in [6, 6.07) is 7.90. The molecule has 3 heterocycles. The Kier molecular flexibility index (Phi) is 5.79. The highest BCUT2D eigenvalue weighted by atomic mass is 19.1. The summed E-state index contributed by atoms with van der Waals surface area (Å²) in [5.74, 6) is 1.21. The van der Waals surface area contributed by atoms with Crippen molar-refractivity contribution in [2.45, 2.75) is 45.3 Å². The van der Waals surface area contributed by atoms with E-state index in [1.165, 1.54) is 0 Å². The summed E-state index contributed by atoms with van der Waals surface area (Å²) in [5, 5.41) is 8.77. The number of rotatable bonds is 4. The fraction of sp³-hybridized carbons (Fsp3) is 0.385. The van der Waals surface area contributed by atoms with Crippen LogP contribution >= 0.6 is 0 Å². The molecule has 1 aliphatic rings. The first kappa shape index (κ1) is 21.5. The highest BCUT2D eigenvalue weighted by Gasteiger charge is 2.33. The van der Waals surface area contributed by atoms with Crippen molar-refractivity contribution in [3.63, 3.8) is 0 Å². The van der Waals surface area contributed by atoms with Gasteiger partial charge in [-0.3, -0.25) is 9.36 Å². The molecule has 0 saturated heterocycles. The summed E-state index contributed by atoms with van der Waals surface area (Å²) in [6.07, 6.45) is 13.1. The summed E-state index contributed by atoms with van der Waals surface area (Å²) in [5.41, 5.74) is 4.85. The van der Waals surface area contributed by atoms with Crippen LogP contribution in [0.1, 0.15) is 39.2 Å². The van der Waals surface area contributed by atoms with E-state index in [4.69, 9.17) is 0 Å². The SMILES string of the molecule is CC1CCC(C)C(F)C(n2cc(-c3cnc(-c4cccc(-c5cnn(C)c5)c4)nc3)cn2)C1. The monoisotopic (exact) mass is 444 g/mol. The lowest BCUT2D eigenvalue weighted by Gasteiger charge is -2.23. The van der Waals surface area contributed by atoms with Gasteiger partial charge >= 0.3 is 0 Å². The van der Waals surface area contributed by atoms with Gasteiger partial charge in [-0.1, -0.05) is 38.5 Å². The van der Waals surface area contributed by atoms with E-state index in [-0.39, 0.29) is 12.0 Å². The first-order valence-corrected chi connectivity index (χ1v) is 11.6. The van der Waals surface area contributed by atoms with Crippen LogP contribution in [0, 0.1) is 11.8 Å². The number of nitrogens with zero attached hydrogens (tertiary/aromatic N) is 6. The van der Waals surface area contributed by atoms with Crippen molar-refractivity contribution in [1.29, 1.82) is 0 Å². The molecule has 5 rings (SSSR count). The van der Waals surface area contributed by atoms with Crippen LogP contribution in [0.2, 0.25) is 0 Å². The summed E-state index contributed by atoms with van der Waals surface area (Å²) in [7, 11) is 1.90. The zero-order valence-electron chi connectivity index (χ0n) is 19.3. The molecule has 4 atom stereocenters. The van der Waals surface area contributed by atoms with Gasteiger partial charge in [0.25, 0.3) is 0 Å². The van der Waals surface area contributed by atoms with Gasteiger partial charge in [0, 0.05) is 54.1 Å². The zero-order valence-corrected chi connectivity index (χ0v) is 19.3. The van der Waals surface area contributed by atoms with Gasteiger partial charge in [-0.25, -0.2) is 14.4 Å². The van der Waals surface area contributed by atoms with Crippen molar-refractivity contribution in [3.8, 4) is 33.6 Å². The van der Waals surface area contributed by atoms with Crippen LogP contribution < -0.4 is 0 Å². The minimum absolute atomic E-state index is 0.0534. The van der Waals surface area contributed by atoms with Crippen LogP contribution in [0.4, 0.5) is 4.39 Å². The minimum Gasteiger partial charge on any atom is -0.275 e. The predicted molar refractivity (Wildman–Crippen MR) is 127 cm³/mol. The average Bonchev–Trinajstić information content (AvgIpc) is 3.48. The standard InChI is InChI=1S/C26H29FN6/c1-17-7-8-18(2)25(27)24(9-17)33-16-23(14-31-33)21-11-28-26(29-12-21)20-6-4-5-19(10-20)22-13-30-32(3)15-22/h4-6,10-18,24-25H,7-9H2,1-3H3. The fourth-order valence-electron chi connectivity index (χ4n) is 4.70. The molecule has 0 N–H and O–H groups in total. The van der Waals surface area contributed by atoms with Crippen LogP contribution in [0.3, 0.4) is 0 Å². The highest BCUT2D eigenvalue weighted by Crippen LogP contribution is 2.36. The molecule has 170 valence electrons. The molecule has 1 saturated carbocycles. The lowest BCUT2D eigenvalue weighted by atomic mass is 9.98. The van der Waals surface area contributed by atoms with Gasteiger partial charge in [0.05, 0.1) is 18.4 Å². The van der Waals surface area contributed by atoms with Crippen LogP contribution in [0.15, 0.2) is 61.4 Å². The van der Waals surface area contributed by atoms with Crippen LogP contribution in [-0.2, 0) is 7.05 Å². The first-order chi connectivity index (χ1) is 16.0. The predicted octanol–water partition coefficient (Wildman–Crippen LogP) is 5.74. The molecule has 0 bridgehead atoms. The van der Waals surface area contributed by atoms with E-state index in [2.05, 4.69) is 39.2 Å². The number of hydrogen-bond acceptors (Lipinski definition) is 4. The van der Waals surface area contributed by atoms with Crippen LogP contribution in [0.25, 0.3) is 33.6 Å². The molecular weight excluding hydrogens is 415 g/mol. The van der Waals surface area contributed by atoms with Crippen molar-refractivity contribution in [2.24, 2.45) is 18.9 Å². The normalized spacial score (nSPS) is 23.4. The van der Waals surface area contributed by atoms with Crippen molar-refractivity contribution in [2.75, 3.05) is 0 Å². The maximum atomic E-state index is 15.1. The minimum atomic E-state index is -0.881. The molecule has 33 heavy (non-hydrogen) atoms. The molecule has 0 amide bonds. The van der Waals surface area contributed by atoms with Crippen molar-refractivity contribution in [1.82, 2.24) is 29.5 Å². The molecule has 0 spiro atoms. The number of halogens is 1. The lowest BCUT2D eigenvalue weighted by Crippen LogP contribution is -2.25. The van der Waals surface area contributed by atoms with Crippen molar-refractivity contribution < 1.29 is 4.39 Å². The van der Waals surface area contributed by atoms with E-state index >= 15 is 4.39 Å². The molecule has 7 heteroatoms. The van der Waals surface area contributed by atoms with E-state index < -0.39 is 6.17 Å². The fourth-order valence-corrected chi connectivity index (χ4v) is 4.70. The molecule has 6 nitrogen and oxygen atoms in total. The molecular formula is C26H29FN6. The summed E-state index contributed by atoms with van der Waals surface area (Å²) in [6.45, 7) is 4.22. The highest BCUT2D eigenvalue weighted by molar-refractivity contribution is 5.70. The Labute approximate surface area is 193 Å². The summed E-state index contributed by atoms with van der Waals surface area (Å²) >= 11 is 0. The van der Waals surface area contributed by atoms with E-state index in [1.54, 1.807) is 10.9 Å². The molecule has 1 aromatic carbocycles. The van der Waals surface area contributed by atoms with Gasteiger partial charge in [0.15, 0.2) is 5.82 Å². The van der Waals surface area contributed by atoms with Crippen LogP contribution in [0.5, 0.6) is 0 Å². The smallest absolute Gasteiger partial charge is 0.159 e. The van der Waals surface area contributed by atoms with Gasteiger partial charge in [-0.15, -0.1) is 0 Å². The Hall–Kier alpha value is -3.35. The number of hydrogen-bond donors (Lipinski definition) is 0. The van der Waals surface area contributed by atoms with Gasteiger partial charge in [-0.05, 0) is 36.3 Å². The molecule has 0 radical (unpaired) electrons. The maximum absolute atomic E-state index is 15.1. The number of aromatic nitrogens is 6. The van der Waals surface area contributed by atoms with Crippen molar-refractivity contribution >= 4 is 0 Å².